The highest BCUT2D eigenvalue weighted by Gasteiger charge is 2.43. The second kappa shape index (κ2) is 7.93. The number of ether oxygens (including phenoxy) is 1. The van der Waals surface area contributed by atoms with Crippen LogP contribution in [0.1, 0.15) is 83.6 Å². The topological polar surface area (TPSA) is 43.4 Å². The van der Waals surface area contributed by atoms with Crippen LogP contribution in [0.3, 0.4) is 0 Å². The van der Waals surface area contributed by atoms with Gasteiger partial charge >= 0.3 is 5.97 Å². The van der Waals surface area contributed by atoms with Crippen molar-refractivity contribution in [1.29, 1.82) is 0 Å². The number of benzene rings is 1. The van der Waals surface area contributed by atoms with Crippen molar-refractivity contribution in [2.75, 3.05) is 0 Å². The van der Waals surface area contributed by atoms with Crippen LogP contribution in [-0.4, -0.2) is 17.9 Å². The Kier molecular flexibility index (Phi) is 5.50. The summed E-state index contributed by atoms with van der Waals surface area (Å²) < 4.78 is 5.98. The first-order valence-electron chi connectivity index (χ1n) is 11.1. The second-order valence-corrected chi connectivity index (χ2v) is 9.84. The van der Waals surface area contributed by atoms with Gasteiger partial charge in [-0.1, -0.05) is 61.7 Å². The molecule has 0 aliphatic heterocycles. The quantitative estimate of drug-likeness (QED) is 0.588. The van der Waals surface area contributed by atoms with Crippen LogP contribution in [-0.2, 0) is 14.3 Å². The Hall–Kier alpha value is -2.16. The van der Waals surface area contributed by atoms with Gasteiger partial charge < -0.3 is 4.74 Å². The Labute approximate surface area is 174 Å². The van der Waals surface area contributed by atoms with Crippen LogP contribution in [0.15, 0.2) is 52.6 Å². The van der Waals surface area contributed by atoms with Gasteiger partial charge in [0.05, 0.1) is 0 Å². The number of carbonyl (C=O) groups excluding carboxylic acids is 2. The van der Waals surface area contributed by atoms with E-state index in [1.165, 1.54) is 12.0 Å². The van der Waals surface area contributed by atoms with Crippen molar-refractivity contribution in [1.82, 2.24) is 0 Å². The maximum Gasteiger partial charge on any atom is 0.335 e. The maximum absolute atomic E-state index is 13.4. The smallest absolute Gasteiger partial charge is 0.335 e. The average Bonchev–Trinajstić information content (AvgIpc) is 2.67. The molecule has 1 fully saturated rings. The number of esters is 1. The number of ketones is 1. The molecule has 1 unspecified atom stereocenters. The molecule has 0 spiro atoms. The molecule has 0 radical (unpaired) electrons. The summed E-state index contributed by atoms with van der Waals surface area (Å²) in [6.45, 7) is 6.37. The van der Waals surface area contributed by atoms with Crippen LogP contribution in [0.25, 0.3) is 0 Å². The zero-order valence-corrected chi connectivity index (χ0v) is 17.9. The average molecular weight is 393 g/mol. The van der Waals surface area contributed by atoms with Crippen molar-refractivity contribution in [2.24, 2.45) is 5.41 Å². The Bertz CT molecular complexity index is 866. The summed E-state index contributed by atoms with van der Waals surface area (Å²) in [6, 6.07) is 10.0. The Balaban J connectivity index is 1.73. The maximum atomic E-state index is 13.4. The SMILES string of the molecule is CC1=C(C(=O)OC2CCCCC2)C(c2ccccc2)C2=C(C1)CC(C)(C)CC2=O. The number of hydrogen-bond donors (Lipinski definition) is 0. The molecular formula is C26H32O3. The van der Waals surface area contributed by atoms with Gasteiger partial charge in [-0.05, 0) is 56.4 Å². The van der Waals surface area contributed by atoms with Gasteiger partial charge in [-0.3, -0.25) is 4.79 Å². The van der Waals surface area contributed by atoms with Gasteiger partial charge in [0, 0.05) is 23.5 Å². The van der Waals surface area contributed by atoms with E-state index < -0.39 is 0 Å². The number of hydrogen-bond acceptors (Lipinski definition) is 3. The summed E-state index contributed by atoms with van der Waals surface area (Å²) in [5.74, 6) is -0.312. The molecule has 3 aliphatic carbocycles. The van der Waals surface area contributed by atoms with Crippen molar-refractivity contribution < 1.29 is 14.3 Å². The lowest BCUT2D eigenvalue weighted by Crippen LogP contribution is -2.34. The highest BCUT2D eigenvalue weighted by atomic mass is 16.5. The first-order chi connectivity index (χ1) is 13.9. The summed E-state index contributed by atoms with van der Waals surface area (Å²) in [5.41, 5.74) is 4.83. The van der Waals surface area contributed by atoms with Crippen LogP contribution in [0, 0.1) is 5.41 Å². The molecule has 29 heavy (non-hydrogen) atoms. The van der Waals surface area contributed by atoms with Gasteiger partial charge in [0.25, 0.3) is 0 Å². The molecule has 0 saturated heterocycles. The summed E-state index contributed by atoms with van der Waals surface area (Å²) in [7, 11) is 0. The molecular weight excluding hydrogens is 360 g/mol. The van der Waals surface area contributed by atoms with Crippen LogP contribution in [0.2, 0.25) is 0 Å². The van der Waals surface area contributed by atoms with E-state index in [9.17, 15) is 9.59 Å². The number of Topliss-reactive ketones (excluding diaryl/α,β-unsaturated/α-hetero) is 1. The third kappa shape index (κ3) is 4.10. The fourth-order valence-electron chi connectivity index (χ4n) is 5.46. The third-order valence-corrected chi connectivity index (χ3v) is 6.71. The largest absolute Gasteiger partial charge is 0.459 e. The normalized spacial score (nSPS) is 25.1. The number of carbonyl (C=O) groups is 2. The monoisotopic (exact) mass is 392 g/mol. The third-order valence-electron chi connectivity index (χ3n) is 6.71. The fraction of sp³-hybridized carbons (Fsp3) is 0.538. The molecule has 1 saturated carbocycles. The van der Waals surface area contributed by atoms with Crippen LogP contribution in [0.4, 0.5) is 0 Å². The Morgan fingerprint density at radius 1 is 1.03 bits per heavy atom. The lowest BCUT2D eigenvalue weighted by molar-refractivity contribution is -0.146. The van der Waals surface area contributed by atoms with Crippen molar-refractivity contribution in [3.05, 3.63) is 58.2 Å². The Morgan fingerprint density at radius 3 is 2.41 bits per heavy atom. The zero-order valence-electron chi connectivity index (χ0n) is 17.9. The fourth-order valence-corrected chi connectivity index (χ4v) is 5.46. The lowest BCUT2D eigenvalue weighted by Gasteiger charge is -2.39. The van der Waals surface area contributed by atoms with Gasteiger partial charge in [-0.2, -0.15) is 0 Å². The predicted molar refractivity (Wildman–Crippen MR) is 115 cm³/mol. The lowest BCUT2D eigenvalue weighted by atomic mass is 9.64. The predicted octanol–water partition coefficient (Wildman–Crippen LogP) is 6.05. The van der Waals surface area contributed by atoms with Gasteiger partial charge in [0.15, 0.2) is 5.78 Å². The van der Waals surface area contributed by atoms with Gasteiger partial charge in [0.1, 0.15) is 6.10 Å². The molecule has 1 aromatic rings. The number of allylic oxidation sites excluding steroid dienone is 3. The molecule has 0 heterocycles. The van der Waals surface area contributed by atoms with Crippen LogP contribution < -0.4 is 0 Å². The second-order valence-electron chi connectivity index (χ2n) is 9.84. The molecule has 3 aliphatic rings. The molecule has 154 valence electrons. The molecule has 1 atom stereocenters. The summed E-state index contributed by atoms with van der Waals surface area (Å²) in [5, 5.41) is 0. The van der Waals surface area contributed by atoms with E-state index in [1.54, 1.807) is 0 Å². The molecule has 0 amide bonds. The molecule has 4 rings (SSSR count). The summed E-state index contributed by atoms with van der Waals surface area (Å²) in [4.78, 5) is 26.6. The van der Waals surface area contributed by atoms with E-state index in [4.69, 9.17) is 4.74 Å². The number of rotatable bonds is 3. The standard InChI is InChI=1S/C26H32O3/c1-17-14-19-15-26(2,3)16-21(27)23(19)24(18-10-6-4-7-11-18)22(17)25(28)29-20-12-8-5-9-13-20/h4,6-7,10-11,20,24H,5,8-9,12-16H2,1-3H3. The van der Waals surface area contributed by atoms with Gasteiger partial charge in [-0.15, -0.1) is 0 Å². The van der Waals surface area contributed by atoms with Crippen molar-refractivity contribution >= 4 is 11.8 Å². The molecule has 0 bridgehead atoms. The molecule has 3 heteroatoms. The van der Waals surface area contributed by atoms with Crippen molar-refractivity contribution in [3.8, 4) is 0 Å². The van der Waals surface area contributed by atoms with Gasteiger partial charge in [0.2, 0.25) is 0 Å². The van der Waals surface area contributed by atoms with E-state index in [0.29, 0.717) is 18.4 Å². The van der Waals surface area contributed by atoms with Crippen LogP contribution >= 0.6 is 0 Å². The Morgan fingerprint density at radius 2 is 1.72 bits per heavy atom. The first kappa shape index (κ1) is 20.1. The highest BCUT2D eigenvalue weighted by Crippen LogP contribution is 2.50. The summed E-state index contributed by atoms with van der Waals surface area (Å²) >= 11 is 0. The van der Waals surface area contributed by atoms with E-state index >= 15 is 0 Å². The summed E-state index contributed by atoms with van der Waals surface area (Å²) in [6.07, 6.45) is 7.57. The van der Waals surface area contributed by atoms with Crippen molar-refractivity contribution in [2.45, 2.75) is 84.2 Å². The molecule has 0 N–H and O–H groups in total. The van der Waals surface area contributed by atoms with Gasteiger partial charge in [-0.25, -0.2) is 4.79 Å². The van der Waals surface area contributed by atoms with E-state index in [-0.39, 0.29) is 29.2 Å². The van der Waals surface area contributed by atoms with E-state index in [1.807, 2.05) is 37.3 Å². The molecule has 1 aromatic carbocycles. The molecule has 3 nitrogen and oxygen atoms in total. The molecule has 0 aromatic heterocycles. The first-order valence-corrected chi connectivity index (χ1v) is 11.1. The van der Waals surface area contributed by atoms with E-state index in [2.05, 4.69) is 13.8 Å². The minimum Gasteiger partial charge on any atom is -0.459 e. The van der Waals surface area contributed by atoms with Crippen molar-refractivity contribution in [3.63, 3.8) is 0 Å². The minimum atomic E-state index is -0.292. The zero-order chi connectivity index (χ0) is 20.6. The van der Waals surface area contributed by atoms with Crippen LogP contribution in [0.5, 0.6) is 0 Å². The van der Waals surface area contributed by atoms with E-state index in [0.717, 1.165) is 48.8 Å². The highest BCUT2D eigenvalue weighted by molar-refractivity contribution is 6.04. The minimum absolute atomic E-state index is 0.0163.